The van der Waals surface area contributed by atoms with Gasteiger partial charge in [0.05, 0.1) is 6.54 Å². The van der Waals surface area contributed by atoms with E-state index in [9.17, 15) is 0 Å². The maximum absolute atomic E-state index is 5.46. The third-order valence-corrected chi connectivity index (χ3v) is 4.81. The van der Waals surface area contributed by atoms with Crippen molar-refractivity contribution >= 4 is 0 Å². The average molecular weight is 314 g/mol. The Bertz CT molecular complexity index is 633. The van der Waals surface area contributed by atoms with Crippen LogP contribution in [0.15, 0.2) is 22.9 Å². The molecule has 2 heterocycles. The van der Waals surface area contributed by atoms with Crippen molar-refractivity contribution in [1.82, 2.24) is 20.0 Å². The Morgan fingerprint density at radius 1 is 1.35 bits per heavy atom. The van der Waals surface area contributed by atoms with E-state index in [1.165, 1.54) is 31.2 Å². The second-order valence-electron chi connectivity index (χ2n) is 6.82. The molecule has 0 amide bonds. The van der Waals surface area contributed by atoms with Gasteiger partial charge in [-0.15, -0.1) is 0 Å². The lowest BCUT2D eigenvalue weighted by Crippen LogP contribution is -2.31. The number of nitrogens with zero attached hydrogens (tertiary/aromatic N) is 4. The molecule has 1 fully saturated rings. The summed E-state index contributed by atoms with van der Waals surface area (Å²) in [6, 6.07) is 4.55. The lowest BCUT2D eigenvalue weighted by molar-refractivity contribution is 0.236. The van der Waals surface area contributed by atoms with Gasteiger partial charge < -0.3 is 4.52 Å². The first-order chi connectivity index (χ1) is 11.1. The highest BCUT2D eigenvalue weighted by Crippen LogP contribution is 2.32. The molecule has 23 heavy (non-hydrogen) atoms. The molecule has 1 atom stereocenters. The van der Waals surface area contributed by atoms with E-state index in [2.05, 4.69) is 47.0 Å². The van der Waals surface area contributed by atoms with Crippen LogP contribution in [-0.2, 0) is 13.0 Å². The first-order valence-electron chi connectivity index (χ1n) is 8.56. The standard InChI is InChI=1S/C18H26N4O/c1-13-8-9-19-16(10-13)11-14(2)22(3)12-17-20-18(23-21-17)15-6-4-5-7-15/h8-10,14-15H,4-7,11-12H2,1-3H3/t14-/m0/s1. The predicted octanol–water partition coefficient (Wildman–Crippen LogP) is 3.49. The molecule has 0 radical (unpaired) electrons. The van der Waals surface area contributed by atoms with Gasteiger partial charge in [0.1, 0.15) is 0 Å². The van der Waals surface area contributed by atoms with E-state index in [0.29, 0.717) is 18.5 Å². The van der Waals surface area contributed by atoms with Crippen LogP contribution < -0.4 is 0 Å². The molecule has 0 bridgehead atoms. The number of rotatable bonds is 6. The smallest absolute Gasteiger partial charge is 0.229 e. The minimum atomic E-state index is 0.373. The largest absolute Gasteiger partial charge is 0.339 e. The molecule has 0 aliphatic heterocycles. The van der Waals surface area contributed by atoms with Gasteiger partial charge in [-0.05, 0) is 51.4 Å². The molecule has 0 saturated heterocycles. The summed E-state index contributed by atoms with van der Waals surface area (Å²) < 4.78 is 5.46. The van der Waals surface area contributed by atoms with Crippen LogP contribution in [0.4, 0.5) is 0 Å². The first kappa shape index (κ1) is 16.1. The fourth-order valence-corrected chi connectivity index (χ4v) is 3.22. The quantitative estimate of drug-likeness (QED) is 0.817. The van der Waals surface area contributed by atoms with E-state index in [1.807, 2.05) is 12.3 Å². The monoisotopic (exact) mass is 314 g/mol. The minimum absolute atomic E-state index is 0.373. The van der Waals surface area contributed by atoms with E-state index < -0.39 is 0 Å². The lowest BCUT2D eigenvalue weighted by Gasteiger charge is -2.23. The molecule has 2 aromatic rings. The number of hydrogen-bond acceptors (Lipinski definition) is 5. The zero-order valence-corrected chi connectivity index (χ0v) is 14.3. The Balaban J connectivity index is 1.56. The predicted molar refractivity (Wildman–Crippen MR) is 89.1 cm³/mol. The highest BCUT2D eigenvalue weighted by molar-refractivity contribution is 5.15. The molecule has 124 valence electrons. The Morgan fingerprint density at radius 3 is 2.87 bits per heavy atom. The fourth-order valence-electron chi connectivity index (χ4n) is 3.22. The number of aryl methyl sites for hydroxylation is 1. The SMILES string of the molecule is Cc1ccnc(C[C@H](C)N(C)Cc2noc(C3CCCC3)n2)c1. The van der Waals surface area contributed by atoms with E-state index >= 15 is 0 Å². The Morgan fingerprint density at radius 2 is 2.13 bits per heavy atom. The molecule has 0 aromatic carbocycles. The maximum Gasteiger partial charge on any atom is 0.229 e. The van der Waals surface area contributed by atoms with Crippen LogP contribution >= 0.6 is 0 Å². The van der Waals surface area contributed by atoms with Gasteiger partial charge in [-0.3, -0.25) is 9.88 Å². The van der Waals surface area contributed by atoms with Gasteiger partial charge in [-0.25, -0.2) is 0 Å². The lowest BCUT2D eigenvalue weighted by atomic mass is 10.1. The summed E-state index contributed by atoms with van der Waals surface area (Å²) in [7, 11) is 2.10. The maximum atomic E-state index is 5.46. The number of hydrogen-bond donors (Lipinski definition) is 0. The topological polar surface area (TPSA) is 55.1 Å². The molecule has 5 nitrogen and oxygen atoms in total. The molecule has 0 unspecified atom stereocenters. The number of aromatic nitrogens is 3. The molecule has 3 rings (SSSR count). The van der Waals surface area contributed by atoms with Crippen LogP contribution in [0.25, 0.3) is 0 Å². The Hall–Kier alpha value is -1.75. The van der Waals surface area contributed by atoms with E-state index in [-0.39, 0.29) is 0 Å². The second-order valence-corrected chi connectivity index (χ2v) is 6.82. The molecule has 2 aromatic heterocycles. The van der Waals surface area contributed by atoms with Crippen molar-refractivity contribution in [3.05, 3.63) is 41.3 Å². The molecule has 5 heteroatoms. The van der Waals surface area contributed by atoms with Crippen molar-refractivity contribution in [3.63, 3.8) is 0 Å². The Labute approximate surface area is 138 Å². The second kappa shape index (κ2) is 7.21. The van der Waals surface area contributed by atoms with Gasteiger partial charge in [-0.1, -0.05) is 18.0 Å². The normalized spacial score (nSPS) is 17.0. The van der Waals surface area contributed by atoms with Crippen LogP contribution in [0.1, 0.15) is 61.5 Å². The highest BCUT2D eigenvalue weighted by atomic mass is 16.5. The average Bonchev–Trinajstić information content (AvgIpc) is 3.17. The third kappa shape index (κ3) is 4.16. The van der Waals surface area contributed by atoms with Crippen LogP contribution in [-0.4, -0.2) is 33.1 Å². The van der Waals surface area contributed by atoms with Gasteiger partial charge in [0.25, 0.3) is 0 Å². The summed E-state index contributed by atoms with van der Waals surface area (Å²) in [6.07, 6.45) is 7.74. The molecular formula is C18H26N4O. The van der Waals surface area contributed by atoms with Crippen LogP contribution in [0, 0.1) is 6.92 Å². The van der Waals surface area contributed by atoms with E-state index in [4.69, 9.17) is 4.52 Å². The summed E-state index contributed by atoms with van der Waals surface area (Å²) >= 11 is 0. The number of pyridine rings is 1. The van der Waals surface area contributed by atoms with Gasteiger partial charge in [0, 0.05) is 30.3 Å². The van der Waals surface area contributed by atoms with Crippen LogP contribution in [0.5, 0.6) is 0 Å². The highest BCUT2D eigenvalue weighted by Gasteiger charge is 2.23. The molecule has 0 N–H and O–H groups in total. The summed E-state index contributed by atoms with van der Waals surface area (Å²) in [4.78, 5) is 11.3. The minimum Gasteiger partial charge on any atom is -0.339 e. The zero-order valence-electron chi connectivity index (χ0n) is 14.3. The van der Waals surface area contributed by atoms with E-state index in [1.54, 1.807) is 0 Å². The van der Waals surface area contributed by atoms with E-state index in [0.717, 1.165) is 23.8 Å². The van der Waals surface area contributed by atoms with Crippen LogP contribution in [0.3, 0.4) is 0 Å². The first-order valence-corrected chi connectivity index (χ1v) is 8.56. The van der Waals surface area contributed by atoms with Crippen molar-refractivity contribution in [2.75, 3.05) is 7.05 Å². The van der Waals surface area contributed by atoms with Crippen molar-refractivity contribution in [2.24, 2.45) is 0 Å². The van der Waals surface area contributed by atoms with Crippen molar-refractivity contribution in [1.29, 1.82) is 0 Å². The molecule has 1 aliphatic rings. The van der Waals surface area contributed by atoms with Gasteiger partial charge >= 0.3 is 0 Å². The van der Waals surface area contributed by atoms with Crippen molar-refractivity contribution in [2.45, 2.75) is 64.5 Å². The zero-order chi connectivity index (χ0) is 16.2. The summed E-state index contributed by atoms with van der Waals surface area (Å²) in [5.74, 6) is 2.10. The molecule has 1 aliphatic carbocycles. The van der Waals surface area contributed by atoms with Crippen molar-refractivity contribution in [3.8, 4) is 0 Å². The summed E-state index contributed by atoms with van der Waals surface area (Å²) in [6.45, 7) is 5.02. The number of likely N-dealkylation sites (N-methyl/N-ethyl adjacent to an activating group) is 1. The van der Waals surface area contributed by atoms with Gasteiger partial charge in [-0.2, -0.15) is 4.98 Å². The molecule has 1 saturated carbocycles. The molecular weight excluding hydrogens is 288 g/mol. The summed E-state index contributed by atoms with van der Waals surface area (Å²) in [5, 5.41) is 4.16. The van der Waals surface area contributed by atoms with Gasteiger partial charge in [0.2, 0.25) is 5.89 Å². The molecule has 0 spiro atoms. The summed E-state index contributed by atoms with van der Waals surface area (Å²) in [5.41, 5.74) is 2.38. The Kier molecular flexibility index (Phi) is 5.06. The van der Waals surface area contributed by atoms with Gasteiger partial charge in [0.15, 0.2) is 5.82 Å². The van der Waals surface area contributed by atoms with Crippen LogP contribution in [0.2, 0.25) is 0 Å². The fraction of sp³-hybridized carbons (Fsp3) is 0.611. The third-order valence-electron chi connectivity index (χ3n) is 4.81. The van der Waals surface area contributed by atoms with Crippen molar-refractivity contribution < 1.29 is 4.52 Å².